The van der Waals surface area contributed by atoms with Gasteiger partial charge in [0.05, 0.1) is 5.02 Å². The van der Waals surface area contributed by atoms with E-state index in [0.29, 0.717) is 10.8 Å². The minimum atomic E-state index is 0.184. The van der Waals surface area contributed by atoms with E-state index in [0.717, 1.165) is 31.8 Å². The van der Waals surface area contributed by atoms with Gasteiger partial charge in [-0.15, -0.1) is 0 Å². The number of benzene rings is 1. The second kappa shape index (κ2) is 6.33. The van der Waals surface area contributed by atoms with Crippen LogP contribution in [0.3, 0.4) is 0 Å². The van der Waals surface area contributed by atoms with E-state index in [1.165, 1.54) is 5.56 Å². The van der Waals surface area contributed by atoms with Crippen LogP contribution in [-0.2, 0) is 6.54 Å². The molecule has 0 unspecified atom stereocenters. The minimum Gasteiger partial charge on any atom is -0.487 e. The molecule has 5 heteroatoms. The highest BCUT2D eigenvalue weighted by molar-refractivity contribution is 6.32. The van der Waals surface area contributed by atoms with Gasteiger partial charge in [-0.1, -0.05) is 23.7 Å². The zero-order chi connectivity index (χ0) is 14.7. The maximum Gasteiger partial charge on any atom is 0.138 e. The number of para-hydroxylation sites is 1. The predicted molar refractivity (Wildman–Crippen MR) is 84.4 cm³/mol. The van der Waals surface area contributed by atoms with Crippen molar-refractivity contribution in [1.29, 1.82) is 0 Å². The molecule has 0 bridgehead atoms. The molecule has 110 valence electrons. The highest BCUT2D eigenvalue weighted by Gasteiger charge is 2.24. The van der Waals surface area contributed by atoms with Crippen LogP contribution in [-0.4, -0.2) is 29.1 Å². The Morgan fingerprint density at radius 1 is 1.33 bits per heavy atom. The Morgan fingerprint density at radius 3 is 3.00 bits per heavy atom. The highest BCUT2D eigenvalue weighted by Crippen LogP contribution is 2.26. The Hall–Kier alpha value is -1.78. The molecule has 1 fully saturated rings. The summed E-state index contributed by atoms with van der Waals surface area (Å²) in [5.74, 6) is 1.33. The Kier molecular flexibility index (Phi) is 4.27. The maximum atomic E-state index is 6.13. The van der Waals surface area contributed by atoms with E-state index in [9.17, 15) is 0 Å². The van der Waals surface area contributed by atoms with Crippen molar-refractivity contribution in [3.8, 4) is 5.75 Å². The predicted octanol–water partition coefficient (Wildman–Crippen LogP) is 2.97. The second-order valence-corrected chi connectivity index (χ2v) is 5.69. The summed E-state index contributed by atoms with van der Waals surface area (Å²) in [4.78, 5) is 6.37. The standard InChI is InChI=1S/C16H18ClN3O/c17-14-3-1-2-4-15(14)21-13-6-8-20(11-13)10-12-5-7-19-16(18)9-12/h1-5,7,9,13H,6,8,10-11H2,(H2,18,19)/t13-/m0/s1. The minimum absolute atomic E-state index is 0.184. The molecule has 4 nitrogen and oxygen atoms in total. The largest absolute Gasteiger partial charge is 0.487 e. The summed E-state index contributed by atoms with van der Waals surface area (Å²) in [7, 11) is 0. The van der Waals surface area contributed by atoms with Crippen LogP contribution in [0.1, 0.15) is 12.0 Å². The van der Waals surface area contributed by atoms with Crippen LogP contribution in [0.15, 0.2) is 42.6 Å². The lowest BCUT2D eigenvalue weighted by molar-refractivity contribution is 0.198. The lowest BCUT2D eigenvalue weighted by Crippen LogP contribution is -2.24. The molecule has 3 rings (SSSR count). The van der Waals surface area contributed by atoms with Crippen LogP contribution in [0.25, 0.3) is 0 Å². The van der Waals surface area contributed by atoms with Gasteiger partial charge in [-0.2, -0.15) is 0 Å². The number of likely N-dealkylation sites (tertiary alicyclic amines) is 1. The topological polar surface area (TPSA) is 51.4 Å². The molecule has 0 saturated carbocycles. The molecule has 2 aromatic rings. The van der Waals surface area contributed by atoms with Crippen molar-refractivity contribution in [1.82, 2.24) is 9.88 Å². The average molecular weight is 304 g/mol. The quantitative estimate of drug-likeness (QED) is 0.943. The van der Waals surface area contributed by atoms with Crippen molar-refractivity contribution in [2.24, 2.45) is 0 Å². The van der Waals surface area contributed by atoms with Crippen molar-refractivity contribution in [2.45, 2.75) is 19.1 Å². The zero-order valence-corrected chi connectivity index (χ0v) is 12.5. The van der Waals surface area contributed by atoms with E-state index >= 15 is 0 Å². The first-order valence-electron chi connectivity index (χ1n) is 7.04. The first kappa shape index (κ1) is 14.2. The summed E-state index contributed by atoms with van der Waals surface area (Å²) in [5.41, 5.74) is 6.89. The molecule has 0 spiro atoms. The molecule has 0 amide bonds. The van der Waals surface area contributed by atoms with Crippen molar-refractivity contribution in [2.75, 3.05) is 18.8 Å². The van der Waals surface area contributed by atoms with Gasteiger partial charge in [0, 0.05) is 25.8 Å². The number of nitrogens with two attached hydrogens (primary N) is 1. The molecule has 1 aliphatic heterocycles. The fraction of sp³-hybridized carbons (Fsp3) is 0.312. The number of aromatic nitrogens is 1. The summed E-state index contributed by atoms with van der Waals surface area (Å²) >= 11 is 6.13. The molecule has 1 saturated heterocycles. The molecule has 2 N–H and O–H groups in total. The normalized spacial score (nSPS) is 18.8. The summed E-state index contributed by atoms with van der Waals surface area (Å²) in [6, 6.07) is 11.5. The van der Waals surface area contributed by atoms with Gasteiger partial charge in [-0.05, 0) is 36.2 Å². The molecule has 1 aromatic carbocycles. The fourth-order valence-electron chi connectivity index (χ4n) is 2.61. The SMILES string of the molecule is Nc1cc(CN2CC[C@H](Oc3ccccc3Cl)C2)ccn1. The first-order chi connectivity index (χ1) is 10.2. The zero-order valence-electron chi connectivity index (χ0n) is 11.7. The Balaban J connectivity index is 1.57. The van der Waals surface area contributed by atoms with E-state index in [1.807, 2.05) is 36.4 Å². The lowest BCUT2D eigenvalue weighted by Gasteiger charge is -2.17. The van der Waals surface area contributed by atoms with Crippen LogP contribution in [0, 0.1) is 0 Å². The molecular formula is C16H18ClN3O. The Labute approximate surface area is 129 Å². The van der Waals surface area contributed by atoms with Crippen LogP contribution in [0.4, 0.5) is 5.82 Å². The molecule has 1 atom stereocenters. The number of rotatable bonds is 4. The van der Waals surface area contributed by atoms with E-state index in [2.05, 4.69) is 9.88 Å². The third-order valence-electron chi connectivity index (χ3n) is 3.61. The Morgan fingerprint density at radius 2 is 2.19 bits per heavy atom. The van der Waals surface area contributed by atoms with Crippen LogP contribution >= 0.6 is 11.6 Å². The summed E-state index contributed by atoms with van der Waals surface area (Å²) in [6.07, 6.45) is 2.94. The number of halogens is 1. The average Bonchev–Trinajstić information content (AvgIpc) is 2.89. The maximum absolute atomic E-state index is 6.13. The molecule has 1 aliphatic rings. The summed E-state index contributed by atoms with van der Waals surface area (Å²) < 4.78 is 5.99. The Bertz CT molecular complexity index is 620. The smallest absolute Gasteiger partial charge is 0.138 e. The third kappa shape index (κ3) is 3.65. The van der Waals surface area contributed by atoms with Crippen molar-refractivity contribution in [3.05, 3.63) is 53.2 Å². The van der Waals surface area contributed by atoms with Crippen LogP contribution in [0.5, 0.6) is 5.75 Å². The lowest BCUT2D eigenvalue weighted by atomic mass is 10.2. The number of nitrogens with zero attached hydrogens (tertiary/aromatic N) is 2. The number of anilines is 1. The molecule has 2 heterocycles. The van der Waals surface area contributed by atoms with Gasteiger partial charge >= 0.3 is 0 Å². The van der Waals surface area contributed by atoms with Crippen LogP contribution < -0.4 is 10.5 Å². The number of pyridine rings is 1. The molecule has 0 aliphatic carbocycles. The summed E-state index contributed by atoms with van der Waals surface area (Å²) in [6.45, 7) is 2.78. The first-order valence-corrected chi connectivity index (χ1v) is 7.42. The summed E-state index contributed by atoms with van der Waals surface area (Å²) in [5, 5.41) is 0.665. The fourth-order valence-corrected chi connectivity index (χ4v) is 2.79. The van der Waals surface area contributed by atoms with Crippen molar-refractivity contribution >= 4 is 17.4 Å². The van der Waals surface area contributed by atoms with Crippen molar-refractivity contribution < 1.29 is 4.74 Å². The van der Waals surface area contributed by atoms with E-state index in [1.54, 1.807) is 6.20 Å². The number of hydrogen-bond acceptors (Lipinski definition) is 4. The number of hydrogen-bond donors (Lipinski definition) is 1. The monoisotopic (exact) mass is 303 g/mol. The molecule has 1 aromatic heterocycles. The molecule has 0 radical (unpaired) electrons. The van der Waals surface area contributed by atoms with Crippen LogP contribution in [0.2, 0.25) is 5.02 Å². The third-order valence-corrected chi connectivity index (χ3v) is 3.92. The van der Waals surface area contributed by atoms with E-state index < -0.39 is 0 Å². The van der Waals surface area contributed by atoms with E-state index in [-0.39, 0.29) is 6.10 Å². The van der Waals surface area contributed by atoms with E-state index in [4.69, 9.17) is 22.1 Å². The van der Waals surface area contributed by atoms with Gasteiger partial charge in [0.15, 0.2) is 0 Å². The van der Waals surface area contributed by atoms with Crippen molar-refractivity contribution in [3.63, 3.8) is 0 Å². The van der Waals surface area contributed by atoms with Gasteiger partial charge in [-0.25, -0.2) is 4.98 Å². The number of nitrogen functional groups attached to an aromatic ring is 1. The van der Waals surface area contributed by atoms with Gasteiger partial charge < -0.3 is 10.5 Å². The molecular weight excluding hydrogens is 286 g/mol. The highest BCUT2D eigenvalue weighted by atomic mass is 35.5. The van der Waals surface area contributed by atoms with Gasteiger partial charge in [0.1, 0.15) is 17.7 Å². The second-order valence-electron chi connectivity index (χ2n) is 5.28. The van der Waals surface area contributed by atoms with Gasteiger partial charge in [0.2, 0.25) is 0 Å². The van der Waals surface area contributed by atoms with Gasteiger partial charge in [0.25, 0.3) is 0 Å². The number of ether oxygens (including phenoxy) is 1. The molecule has 21 heavy (non-hydrogen) atoms. The van der Waals surface area contributed by atoms with Gasteiger partial charge in [-0.3, -0.25) is 4.90 Å².